The quantitative estimate of drug-likeness (QED) is 0.903. The van der Waals surface area contributed by atoms with Crippen LogP contribution in [0.3, 0.4) is 0 Å². The second-order valence-electron chi connectivity index (χ2n) is 3.51. The van der Waals surface area contributed by atoms with Crippen LogP contribution in [0.4, 0.5) is 10.1 Å². The molecule has 0 aliphatic heterocycles. The largest absolute Gasteiger partial charge is 0.319 e. The molecule has 1 aromatic heterocycles. The summed E-state index contributed by atoms with van der Waals surface area (Å²) >= 11 is 1.36. The number of nitriles is 1. The minimum Gasteiger partial charge on any atom is -0.319 e. The molecule has 0 unspecified atom stereocenters. The fraction of sp³-hybridized carbons (Fsp3) is 0.0833. The van der Waals surface area contributed by atoms with E-state index in [0.29, 0.717) is 0 Å². The number of nitrogens with zero attached hydrogens (tertiary/aromatic N) is 2. The summed E-state index contributed by atoms with van der Waals surface area (Å²) in [5.74, 6) is -0.934. The lowest BCUT2D eigenvalue weighted by Gasteiger charge is -2.05. The first-order valence-corrected chi connectivity index (χ1v) is 5.91. The first-order chi connectivity index (χ1) is 8.60. The highest BCUT2D eigenvalue weighted by atomic mass is 32.1. The number of halogens is 1. The number of hydrogen-bond acceptors (Lipinski definition) is 4. The van der Waals surface area contributed by atoms with E-state index in [-0.39, 0.29) is 16.9 Å². The van der Waals surface area contributed by atoms with Crippen LogP contribution in [0.2, 0.25) is 0 Å². The highest BCUT2D eigenvalue weighted by Gasteiger charge is 2.12. The second kappa shape index (κ2) is 4.94. The number of nitrogens with one attached hydrogen (secondary N) is 1. The van der Waals surface area contributed by atoms with E-state index in [1.165, 1.54) is 23.5 Å². The summed E-state index contributed by atoms with van der Waals surface area (Å²) in [7, 11) is 0. The van der Waals surface area contributed by atoms with Crippen molar-refractivity contribution >= 4 is 22.9 Å². The van der Waals surface area contributed by atoms with E-state index < -0.39 is 11.7 Å². The number of carbonyl (C=O) groups excluding carboxylic acids is 1. The Morgan fingerprint density at radius 1 is 1.56 bits per heavy atom. The Balaban J connectivity index is 2.25. The molecule has 0 radical (unpaired) electrons. The van der Waals surface area contributed by atoms with E-state index in [2.05, 4.69) is 10.3 Å². The van der Waals surface area contributed by atoms with Gasteiger partial charge in [0.25, 0.3) is 5.91 Å². The Bertz CT molecular complexity index is 645. The summed E-state index contributed by atoms with van der Waals surface area (Å²) in [6, 6.07) is 5.43. The predicted molar refractivity (Wildman–Crippen MR) is 65.9 cm³/mol. The van der Waals surface area contributed by atoms with Crippen LogP contribution in [-0.2, 0) is 0 Å². The maximum atomic E-state index is 12.9. The Morgan fingerprint density at radius 3 is 2.94 bits per heavy atom. The molecule has 4 nitrogen and oxygen atoms in total. The Morgan fingerprint density at radius 2 is 2.33 bits per heavy atom. The van der Waals surface area contributed by atoms with E-state index >= 15 is 0 Å². The van der Waals surface area contributed by atoms with Crippen LogP contribution in [-0.4, -0.2) is 10.9 Å². The number of rotatable bonds is 2. The number of thiazole rings is 1. The normalized spacial score (nSPS) is 9.83. The third kappa shape index (κ3) is 2.52. The van der Waals surface area contributed by atoms with Crippen LogP contribution in [0.25, 0.3) is 0 Å². The molecule has 2 aromatic rings. The summed E-state index contributed by atoms with van der Waals surface area (Å²) in [4.78, 5) is 15.8. The molecule has 0 saturated carbocycles. The van der Waals surface area contributed by atoms with Crippen molar-refractivity contribution in [2.24, 2.45) is 0 Å². The van der Waals surface area contributed by atoms with Crippen LogP contribution in [0, 0.1) is 24.1 Å². The van der Waals surface area contributed by atoms with Gasteiger partial charge in [0.05, 0.1) is 16.3 Å². The van der Waals surface area contributed by atoms with E-state index in [1.54, 1.807) is 12.3 Å². The number of carbonyl (C=O) groups is 1. The molecule has 0 atom stereocenters. The second-order valence-corrected chi connectivity index (χ2v) is 4.57. The zero-order chi connectivity index (χ0) is 13.1. The first kappa shape index (κ1) is 12.2. The fourth-order valence-electron chi connectivity index (χ4n) is 1.37. The molecule has 2 rings (SSSR count). The highest BCUT2D eigenvalue weighted by Crippen LogP contribution is 2.17. The summed E-state index contributed by atoms with van der Waals surface area (Å²) < 4.78 is 12.9. The average Bonchev–Trinajstić information content (AvgIpc) is 2.78. The topological polar surface area (TPSA) is 65.8 Å². The predicted octanol–water partition coefficient (Wildman–Crippen LogP) is 2.71. The van der Waals surface area contributed by atoms with Crippen molar-refractivity contribution in [2.75, 3.05) is 5.32 Å². The Labute approximate surface area is 107 Å². The van der Waals surface area contributed by atoms with Gasteiger partial charge in [0.1, 0.15) is 17.6 Å². The maximum Gasteiger partial charge on any atom is 0.275 e. The van der Waals surface area contributed by atoms with Crippen molar-refractivity contribution in [1.29, 1.82) is 5.26 Å². The van der Waals surface area contributed by atoms with Crippen LogP contribution in [0.5, 0.6) is 0 Å². The number of hydrogen-bond donors (Lipinski definition) is 1. The van der Waals surface area contributed by atoms with Gasteiger partial charge in [0.15, 0.2) is 0 Å². The molecular formula is C12H8FN3OS. The van der Waals surface area contributed by atoms with Gasteiger partial charge in [0.2, 0.25) is 0 Å². The molecule has 1 N–H and O–H groups in total. The monoisotopic (exact) mass is 261 g/mol. The van der Waals surface area contributed by atoms with Gasteiger partial charge in [-0.25, -0.2) is 9.37 Å². The third-order valence-corrected chi connectivity index (χ3v) is 2.98. The van der Waals surface area contributed by atoms with E-state index in [0.717, 1.165) is 11.1 Å². The van der Waals surface area contributed by atoms with Crippen molar-refractivity contribution in [2.45, 2.75) is 6.92 Å². The first-order valence-electron chi connectivity index (χ1n) is 5.03. The Kier molecular flexibility index (Phi) is 3.35. The standard InChI is InChI=1S/C12H8FN3OS/c1-7-15-11(6-18-7)12(17)16-10-3-2-9(13)4-8(10)5-14/h2-4,6H,1H3,(H,16,17). The summed E-state index contributed by atoms with van der Waals surface area (Å²) in [5, 5.41) is 13.8. The van der Waals surface area contributed by atoms with Crippen molar-refractivity contribution in [3.8, 4) is 6.07 Å². The van der Waals surface area contributed by atoms with Crippen LogP contribution in [0.1, 0.15) is 21.1 Å². The van der Waals surface area contributed by atoms with Gasteiger partial charge in [-0.3, -0.25) is 4.79 Å². The molecule has 0 aliphatic carbocycles. The molecule has 18 heavy (non-hydrogen) atoms. The number of amides is 1. The number of aromatic nitrogens is 1. The molecule has 1 aromatic carbocycles. The lowest BCUT2D eigenvalue weighted by atomic mass is 10.2. The van der Waals surface area contributed by atoms with Crippen molar-refractivity contribution in [3.63, 3.8) is 0 Å². The van der Waals surface area contributed by atoms with Gasteiger partial charge in [-0.15, -0.1) is 11.3 Å². The van der Waals surface area contributed by atoms with E-state index in [9.17, 15) is 9.18 Å². The van der Waals surface area contributed by atoms with Crippen molar-refractivity contribution < 1.29 is 9.18 Å². The molecule has 0 bridgehead atoms. The summed E-state index contributed by atoms with van der Waals surface area (Å²) in [5.41, 5.74) is 0.635. The van der Waals surface area contributed by atoms with Gasteiger partial charge in [-0.1, -0.05) is 0 Å². The van der Waals surface area contributed by atoms with Gasteiger partial charge in [-0.2, -0.15) is 5.26 Å². The molecule has 0 spiro atoms. The number of aryl methyl sites for hydroxylation is 1. The van der Waals surface area contributed by atoms with Crippen LogP contribution in [0.15, 0.2) is 23.6 Å². The average molecular weight is 261 g/mol. The van der Waals surface area contributed by atoms with Crippen LogP contribution >= 0.6 is 11.3 Å². The molecule has 1 amide bonds. The molecular weight excluding hydrogens is 253 g/mol. The molecule has 0 fully saturated rings. The fourth-order valence-corrected chi connectivity index (χ4v) is 1.97. The maximum absolute atomic E-state index is 12.9. The molecule has 90 valence electrons. The van der Waals surface area contributed by atoms with E-state index in [1.807, 2.05) is 6.07 Å². The van der Waals surface area contributed by atoms with Crippen LogP contribution < -0.4 is 5.32 Å². The van der Waals surface area contributed by atoms with Gasteiger partial charge in [-0.05, 0) is 25.1 Å². The van der Waals surface area contributed by atoms with Crippen molar-refractivity contribution in [1.82, 2.24) is 4.98 Å². The Hall–Kier alpha value is -2.26. The zero-order valence-corrected chi connectivity index (χ0v) is 10.2. The van der Waals surface area contributed by atoms with Crippen molar-refractivity contribution in [3.05, 3.63) is 45.7 Å². The minimum atomic E-state index is -0.519. The number of benzene rings is 1. The lowest BCUT2D eigenvalue weighted by Crippen LogP contribution is -2.13. The number of anilines is 1. The lowest BCUT2D eigenvalue weighted by molar-refractivity contribution is 0.102. The molecule has 0 saturated heterocycles. The smallest absolute Gasteiger partial charge is 0.275 e. The highest BCUT2D eigenvalue weighted by molar-refractivity contribution is 7.09. The molecule has 1 heterocycles. The van der Waals surface area contributed by atoms with Gasteiger partial charge >= 0.3 is 0 Å². The summed E-state index contributed by atoms with van der Waals surface area (Å²) in [6.07, 6.45) is 0. The minimum absolute atomic E-state index is 0.0790. The van der Waals surface area contributed by atoms with Gasteiger partial charge in [0, 0.05) is 5.38 Å². The SMILES string of the molecule is Cc1nc(C(=O)Nc2ccc(F)cc2C#N)cs1. The molecule has 0 aliphatic rings. The molecule has 6 heteroatoms. The zero-order valence-electron chi connectivity index (χ0n) is 9.40. The van der Waals surface area contributed by atoms with E-state index in [4.69, 9.17) is 5.26 Å². The van der Waals surface area contributed by atoms with Gasteiger partial charge < -0.3 is 5.32 Å². The third-order valence-electron chi connectivity index (χ3n) is 2.20. The summed E-state index contributed by atoms with van der Waals surface area (Å²) in [6.45, 7) is 1.79.